The van der Waals surface area contributed by atoms with Crippen molar-refractivity contribution in [1.29, 1.82) is 0 Å². The van der Waals surface area contributed by atoms with Crippen LogP contribution in [0.1, 0.15) is 37.7 Å². The van der Waals surface area contributed by atoms with Crippen LogP contribution in [0, 0.1) is 0 Å². The van der Waals surface area contributed by atoms with Gasteiger partial charge in [-0.2, -0.15) is 5.10 Å². The summed E-state index contributed by atoms with van der Waals surface area (Å²) in [6.07, 6.45) is 3.90. The minimum atomic E-state index is -0.149. The molecule has 0 atom stereocenters. The van der Waals surface area contributed by atoms with Crippen LogP contribution >= 0.6 is 23.2 Å². The number of para-hydroxylation sites is 1. The highest BCUT2D eigenvalue weighted by atomic mass is 35.5. The lowest BCUT2D eigenvalue weighted by atomic mass is 10.1. The molecule has 0 radical (unpaired) electrons. The van der Waals surface area contributed by atoms with Gasteiger partial charge in [0.15, 0.2) is 5.78 Å². The highest BCUT2D eigenvalue weighted by molar-refractivity contribution is 6.35. The Bertz CT molecular complexity index is 1670. The molecule has 6 nitrogen and oxygen atoms in total. The molecule has 0 fully saturated rings. The first-order chi connectivity index (χ1) is 18.5. The number of benzene rings is 3. The van der Waals surface area contributed by atoms with E-state index in [0.717, 1.165) is 29.2 Å². The predicted molar refractivity (Wildman–Crippen MR) is 149 cm³/mol. The van der Waals surface area contributed by atoms with E-state index in [0.29, 0.717) is 33.4 Å². The number of fused-ring (bicyclic) bond motifs is 2. The fourth-order valence-electron chi connectivity index (χ4n) is 4.72. The molecule has 1 amide bonds. The Morgan fingerprint density at radius 3 is 2.47 bits per heavy atom. The second-order valence-corrected chi connectivity index (χ2v) is 10.0. The fourth-order valence-corrected chi connectivity index (χ4v) is 5.20. The summed E-state index contributed by atoms with van der Waals surface area (Å²) < 4.78 is 3.80. The van der Waals surface area contributed by atoms with Crippen LogP contribution in [0.2, 0.25) is 10.0 Å². The third-order valence-electron chi connectivity index (χ3n) is 6.73. The third kappa shape index (κ3) is 4.64. The molecule has 0 N–H and O–H groups in total. The van der Waals surface area contributed by atoms with E-state index in [1.165, 1.54) is 0 Å². The van der Waals surface area contributed by atoms with Gasteiger partial charge in [-0.1, -0.05) is 47.5 Å². The Morgan fingerprint density at radius 1 is 0.842 bits per heavy atom. The molecule has 1 aliphatic heterocycles. The van der Waals surface area contributed by atoms with E-state index in [1.54, 1.807) is 47.3 Å². The standard InChI is InChI=1S/C30H22Cl2N4O2/c31-23-10-7-21(26(32)17-23)16-29(37)27-13-15-36(33-27)24-11-8-20(9-12-24)30(38)35-19-25-5-3-14-34(25)18-22-4-1-2-6-28(22)35/h1-15,17H,16,18-19H2. The number of Topliss-reactive ketones (excluding diaryl/α,β-unsaturated/α-hetero) is 1. The van der Waals surface area contributed by atoms with Crippen molar-refractivity contribution in [3.05, 3.63) is 135 Å². The minimum Gasteiger partial charge on any atom is -0.345 e. The molecule has 5 aromatic rings. The minimum absolute atomic E-state index is 0.0742. The molecule has 0 aliphatic carbocycles. The Labute approximate surface area is 229 Å². The molecule has 2 aromatic heterocycles. The molecule has 3 heterocycles. The van der Waals surface area contributed by atoms with Crippen LogP contribution in [-0.4, -0.2) is 26.0 Å². The number of anilines is 1. The lowest BCUT2D eigenvalue weighted by Gasteiger charge is -2.23. The fraction of sp³-hybridized carbons (Fsp3) is 0.100. The number of hydrogen-bond donors (Lipinski definition) is 0. The van der Waals surface area contributed by atoms with Crippen molar-refractivity contribution in [2.24, 2.45) is 0 Å². The van der Waals surface area contributed by atoms with E-state index in [4.69, 9.17) is 23.2 Å². The molecule has 0 bridgehead atoms. The Morgan fingerprint density at radius 2 is 1.66 bits per heavy atom. The van der Waals surface area contributed by atoms with E-state index < -0.39 is 0 Å². The summed E-state index contributed by atoms with van der Waals surface area (Å²) in [6, 6.07) is 26.1. The SMILES string of the molecule is O=C(Cc1ccc(Cl)cc1Cl)c1ccn(-c2ccc(C(=O)N3Cc4cccn4Cc4ccccc43)cc2)n1. The molecule has 6 rings (SSSR count). The maximum atomic E-state index is 13.6. The predicted octanol–water partition coefficient (Wildman–Crippen LogP) is 6.61. The van der Waals surface area contributed by atoms with Crippen LogP contribution in [0.25, 0.3) is 5.69 Å². The lowest BCUT2D eigenvalue weighted by molar-refractivity contribution is 0.0978. The maximum absolute atomic E-state index is 13.6. The number of carbonyl (C=O) groups is 2. The van der Waals surface area contributed by atoms with Gasteiger partial charge in [0.1, 0.15) is 5.69 Å². The number of carbonyl (C=O) groups excluding carboxylic acids is 2. The number of halogens is 2. The average molecular weight is 541 g/mol. The summed E-state index contributed by atoms with van der Waals surface area (Å²) in [6.45, 7) is 1.22. The van der Waals surface area contributed by atoms with Gasteiger partial charge < -0.3 is 9.47 Å². The molecule has 8 heteroatoms. The van der Waals surface area contributed by atoms with Crippen molar-refractivity contribution >= 4 is 40.6 Å². The highest BCUT2D eigenvalue weighted by Gasteiger charge is 2.24. The van der Waals surface area contributed by atoms with Gasteiger partial charge in [0.2, 0.25) is 0 Å². The van der Waals surface area contributed by atoms with E-state index >= 15 is 0 Å². The number of nitrogens with zero attached hydrogens (tertiary/aromatic N) is 4. The van der Waals surface area contributed by atoms with Gasteiger partial charge in [-0.3, -0.25) is 9.59 Å². The van der Waals surface area contributed by atoms with Crippen molar-refractivity contribution in [2.45, 2.75) is 19.5 Å². The molecular weight excluding hydrogens is 519 g/mol. The summed E-state index contributed by atoms with van der Waals surface area (Å²) in [5, 5.41) is 5.42. The number of ketones is 1. The number of hydrogen-bond acceptors (Lipinski definition) is 3. The van der Waals surface area contributed by atoms with Crippen molar-refractivity contribution in [1.82, 2.24) is 14.3 Å². The highest BCUT2D eigenvalue weighted by Crippen LogP contribution is 2.29. The summed E-state index contributed by atoms with van der Waals surface area (Å²) in [7, 11) is 0. The Hall–Kier alpha value is -4.13. The Balaban J connectivity index is 1.21. The van der Waals surface area contributed by atoms with Gasteiger partial charge in [0, 0.05) is 52.3 Å². The van der Waals surface area contributed by atoms with E-state index in [-0.39, 0.29) is 18.1 Å². The monoisotopic (exact) mass is 540 g/mol. The zero-order chi connectivity index (χ0) is 26.2. The molecule has 0 saturated heterocycles. The summed E-state index contributed by atoms with van der Waals surface area (Å²) >= 11 is 12.2. The first-order valence-corrected chi connectivity index (χ1v) is 12.9. The second kappa shape index (κ2) is 9.97. The molecule has 1 aliphatic rings. The molecule has 0 spiro atoms. The van der Waals surface area contributed by atoms with Gasteiger partial charge in [-0.25, -0.2) is 4.68 Å². The van der Waals surface area contributed by atoms with Gasteiger partial charge >= 0.3 is 0 Å². The zero-order valence-electron chi connectivity index (χ0n) is 20.2. The summed E-state index contributed by atoms with van der Waals surface area (Å²) in [4.78, 5) is 28.3. The van der Waals surface area contributed by atoms with Gasteiger partial charge in [-0.15, -0.1) is 0 Å². The van der Waals surface area contributed by atoms with Crippen LogP contribution in [-0.2, 0) is 19.5 Å². The first kappa shape index (κ1) is 24.2. The van der Waals surface area contributed by atoms with E-state index in [1.807, 2.05) is 53.6 Å². The van der Waals surface area contributed by atoms with Crippen LogP contribution in [0.4, 0.5) is 5.69 Å². The van der Waals surface area contributed by atoms with Crippen molar-refractivity contribution in [3.63, 3.8) is 0 Å². The summed E-state index contributed by atoms with van der Waals surface area (Å²) in [5.74, 6) is -0.223. The number of aromatic nitrogens is 3. The lowest BCUT2D eigenvalue weighted by Crippen LogP contribution is -2.30. The summed E-state index contributed by atoms with van der Waals surface area (Å²) in [5.41, 5.74) is 5.45. The molecule has 0 saturated carbocycles. The molecule has 0 unspecified atom stereocenters. The quantitative estimate of drug-likeness (QED) is 0.235. The topological polar surface area (TPSA) is 60.1 Å². The smallest absolute Gasteiger partial charge is 0.258 e. The average Bonchev–Trinajstić information content (AvgIpc) is 3.56. The maximum Gasteiger partial charge on any atom is 0.258 e. The largest absolute Gasteiger partial charge is 0.345 e. The molecule has 188 valence electrons. The first-order valence-electron chi connectivity index (χ1n) is 12.1. The second-order valence-electron chi connectivity index (χ2n) is 9.18. The van der Waals surface area contributed by atoms with Gasteiger partial charge in [-0.05, 0) is 71.8 Å². The molecular formula is C30H22Cl2N4O2. The third-order valence-corrected chi connectivity index (χ3v) is 7.32. The van der Waals surface area contributed by atoms with Crippen molar-refractivity contribution in [2.75, 3.05) is 4.90 Å². The van der Waals surface area contributed by atoms with E-state index in [9.17, 15) is 9.59 Å². The Kier molecular flexibility index (Phi) is 6.35. The van der Waals surface area contributed by atoms with Crippen LogP contribution in [0.15, 0.2) is 97.3 Å². The van der Waals surface area contributed by atoms with Crippen LogP contribution in [0.3, 0.4) is 0 Å². The van der Waals surface area contributed by atoms with Crippen LogP contribution in [0.5, 0.6) is 0 Å². The molecule has 3 aromatic carbocycles. The van der Waals surface area contributed by atoms with Crippen molar-refractivity contribution < 1.29 is 9.59 Å². The van der Waals surface area contributed by atoms with Crippen molar-refractivity contribution in [3.8, 4) is 5.69 Å². The zero-order valence-corrected chi connectivity index (χ0v) is 21.7. The molecule has 38 heavy (non-hydrogen) atoms. The number of rotatable bonds is 5. The van der Waals surface area contributed by atoms with Crippen LogP contribution < -0.4 is 4.90 Å². The van der Waals surface area contributed by atoms with Gasteiger partial charge in [0.25, 0.3) is 5.91 Å². The van der Waals surface area contributed by atoms with Gasteiger partial charge in [0.05, 0.1) is 12.2 Å². The van der Waals surface area contributed by atoms with E-state index in [2.05, 4.69) is 15.7 Å². The normalized spacial score (nSPS) is 12.5. The number of amides is 1.